The van der Waals surface area contributed by atoms with Crippen LogP contribution in [0.3, 0.4) is 0 Å². The summed E-state index contributed by atoms with van der Waals surface area (Å²) in [6.07, 6.45) is -0.501. The highest BCUT2D eigenvalue weighted by molar-refractivity contribution is 5.74. The van der Waals surface area contributed by atoms with E-state index in [1.807, 2.05) is 0 Å². The van der Waals surface area contributed by atoms with Crippen molar-refractivity contribution >= 4 is 0 Å². The van der Waals surface area contributed by atoms with Gasteiger partial charge in [0, 0.05) is 34.9 Å². The second-order valence-corrected chi connectivity index (χ2v) is 11.8. The summed E-state index contributed by atoms with van der Waals surface area (Å²) in [5, 5.41) is 22.9. The molecule has 2 N–H and O–H groups in total. The number of alkyl halides is 2. The Morgan fingerprint density at radius 2 is 1.77 bits per heavy atom. The molecule has 0 amide bonds. The maximum Gasteiger partial charge on any atom is 0.586 e. The predicted octanol–water partition coefficient (Wildman–Crippen LogP) is 7.15. The van der Waals surface area contributed by atoms with Crippen LogP contribution in [0.5, 0.6) is 11.5 Å². The minimum absolute atomic E-state index is 0.0559. The average Bonchev–Trinajstić information content (AvgIpc) is 3.50. The number of pyridine rings is 1. The molecule has 39 heavy (non-hydrogen) atoms. The first-order chi connectivity index (χ1) is 18.5. The number of halogens is 3. The lowest BCUT2D eigenvalue weighted by molar-refractivity contribution is -0.287. The fraction of sp³-hybridized carbons (Fsp3) is 0.452. The Hall–Kier alpha value is -3.10. The third-order valence-corrected chi connectivity index (χ3v) is 8.26. The van der Waals surface area contributed by atoms with Crippen molar-refractivity contribution in [3.8, 4) is 22.6 Å². The van der Waals surface area contributed by atoms with Crippen LogP contribution in [0.4, 0.5) is 13.2 Å². The number of aliphatic hydroxyl groups is 2. The molecule has 3 aromatic rings. The summed E-state index contributed by atoms with van der Waals surface area (Å²) in [5.74, 6) is -0.524. The minimum Gasteiger partial charge on any atom is -0.395 e. The number of benzene rings is 2. The van der Waals surface area contributed by atoms with E-state index >= 15 is 0 Å². The van der Waals surface area contributed by atoms with Crippen molar-refractivity contribution in [1.29, 1.82) is 0 Å². The van der Waals surface area contributed by atoms with Gasteiger partial charge in [-0.15, -0.1) is 8.78 Å². The molecule has 0 spiro atoms. The summed E-state index contributed by atoms with van der Waals surface area (Å²) in [5.41, 5.74) is 4.65. The smallest absolute Gasteiger partial charge is 0.395 e. The highest BCUT2D eigenvalue weighted by Crippen LogP contribution is 2.50. The van der Waals surface area contributed by atoms with Crippen LogP contribution >= 0.6 is 0 Å². The molecule has 2 unspecified atom stereocenters. The van der Waals surface area contributed by atoms with Crippen molar-refractivity contribution < 1.29 is 32.9 Å². The van der Waals surface area contributed by atoms with E-state index in [1.54, 1.807) is 18.2 Å². The van der Waals surface area contributed by atoms with Crippen LogP contribution in [0, 0.1) is 11.2 Å². The molecular weight excluding hydrogens is 507 g/mol. The Kier molecular flexibility index (Phi) is 6.38. The quantitative estimate of drug-likeness (QED) is 0.360. The lowest BCUT2D eigenvalue weighted by Crippen LogP contribution is -2.29. The normalized spacial score (nSPS) is 22.1. The first kappa shape index (κ1) is 26.1. The molecule has 2 atom stereocenters. The maximum absolute atomic E-state index is 14.0. The van der Waals surface area contributed by atoms with Crippen LogP contribution in [0.25, 0.3) is 11.1 Å². The molecule has 5 nitrogen and oxygen atoms in total. The van der Waals surface area contributed by atoms with Gasteiger partial charge in [0.15, 0.2) is 11.5 Å². The Balaban J connectivity index is 1.54. The number of fused-ring (bicyclic) bond motifs is 2. The topological polar surface area (TPSA) is 71.8 Å². The zero-order chi connectivity index (χ0) is 27.5. The van der Waals surface area contributed by atoms with Crippen LogP contribution in [0.1, 0.15) is 92.2 Å². The van der Waals surface area contributed by atoms with Gasteiger partial charge >= 0.3 is 6.29 Å². The van der Waals surface area contributed by atoms with Gasteiger partial charge in [0.2, 0.25) is 0 Å². The number of aliphatic hydroxyl groups excluding tert-OH is 2. The number of aromatic nitrogens is 1. The predicted molar refractivity (Wildman–Crippen MR) is 139 cm³/mol. The molecule has 1 aliphatic heterocycles. The summed E-state index contributed by atoms with van der Waals surface area (Å²) in [6.45, 7) is 4.22. The zero-order valence-corrected chi connectivity index (χ0v) is 22.0. The van der Waals surface area contributed by atoms with Crippen LogP contribution < -0.4 is 9.47 Å². The second kappa shape index (κ2) is 9.52. The molecule has 1 aromatic heterocycles. The first-order valence-corrected chi connectivity index (χ1v) is 13.6. The van der Waals surface area contributed by atoms with E-state index in [2.05, 4.69) is 18.6 Å². The van der Waals surface area contributed by atoms with Gasteiger partial charge in [-0.05, 0) is 66.0 Å². The van der Waals surface area contributed by atoms with E-state index in [0.717, 1.165) is 53.8 Å². The standard InChI is InChI=1S/C31H32F3NO4/c1-30(2)15-22-27(24(37)16-30)26(17-10-12-19(32)13-11-17)21(28(35-22)18-6-3-4-7-18)14-23(36)20-8-5-9-25-29(20)39-31(33,34)38-25/h5,8-13,18,23-24,36-37H,3-4,6-7,14-16H2,1-2H3. The fourth-order valence-corrected chi connectivity index (χ4v) is 6.60. The van der Waals surface area contributed by atoms with Crippen molar-refractivity contribution in [1.82, 2.24) is 4.98 Å². The second-order valence-electron chi connectivity index (χ2n) is 11.8. The largest absolute Gasteiger partial charge is 0.586 e. The number of hydrogen-bond donors (Lipinski definition) is 2. The molecule has 206 valence electrons. The third kappa shape index (κ3) is 4.89. The van der Waals surface area contributed by atoms with Crippen molar-refractivity contribution in [3.05, 3.63) is 76.4 Å². The molecular formula is C31H32F3NO4. The highest BCUT2D eigenvalue weighted by Gasteiger charge is 2.45. The molecule has 1 saturated carbocycles. The lowest BCUT2D eigenvalue weighted by Gasteiger charge is -2.37. The molecule has 2 aromatic carbocycles. The van der Waals surface area contributed by atoms with Gasteiger partial charge in [-0.25, -0.2) is 4.39 Å². The van der Waals surface area contributed by atoms with Crippen LogP contribution in [0.2, 0.25) is 0 Å². The van der Waals surface area contributed by atoms with E-state index in [4.69, 9.17) is 9.72 Å². The van der Waals surface area contributed by atoms with Crippen LogP contribution in [-0.4, -0.2) is 21.5 Å². The van der Waals surface area contributed by atoms with Gasteiger partial charge in [-0.1, -0.05) is 51.0 Å². The third-order valence-electron chi connectivity index (χ3n) is 8.26. The molecule has 8 heteroatoms. The van der Waals surface area contributed by atoms with Gasteiger partial charge in [0.1, 0.15) is 5.82 Å². The Bertz CT molecular complexity index is 1400. The molecule has 1 fully saturated rings. The molecule has 2 aliphatic carbocycles. The summed E-state index contributed by atoms with van der Waals surface area (Å²) in [4.78, 5) is 5.17. The van der Waals surface area contributed by atoms with Crippen LogP contribution in [0.15, 0.2) is 42.5 Å². The van der Waals surface area contributed by atoms with Crippen molar-refractivity contribution in [3.63, 3.8) is 0 Å². The van der Waals surface area contributed by atoms with E-state index < -0.39 is 18.5 Å². The highest BCUT2D eigenvalue weighted by atomic mass is 19.3. The first-order valence-electron chi connectivity index (χ1n) is 13.6. The number of nitrogens with zero attached hydrogens (tertiary/aromatic N) is 1. The van der Waals surface area contributed by atoms with E-state index in [9.17, 15) is 23.4 Å². The van der Waals surface area contributed by atoms with Gasteiger partial charge in [0.25, 0.3) is 0 Å². The number of para-hydroxylation sites is 1. The van der Waals surface area contributed by atoms with E-state index in [0.29, 0.717) is 18.4 Å². The molecule has 0 saturated heterocycles. The molecule has 0 bridgehead atoms. The minimum atomic E-state index is -3.81. The average molecular weight is 540 g/mol. The zero-order valence-electron chi connectivity index (χ0n) is 22.0. The summed E-state index contributed by atoms with van der Waals surface area (Å²) in [7, 11) is 0. The lowest BCUT2D eigenvalue weighted by atomic mass is 9.71. The van der Waals surface area contributed by atoms with Crippen LogP contribution in [-0.2, 0) is 12.8 Å². The summed E-state index contributed by atoms with van der Waals surface area (Å²) < 4.78 is 51.1. The molecule has 3 aliphatic rings. The van der Waals surface area contributed by atoms with Crippen molar-refractivity contribution in [2.75, 3.05) is 0 Å². The molecule has 0 radical (unpaired) electrons. The molecule has 6 rings (SSSR count). The van der Waals surface area contributed by atoms with Gasteiger partial charge in [-0.3, -0.25) is 4.98 Å². The van der Waals surface area contributed by atoms with Crippen molar-refractivity contribution in [2.45, 2.75) is 83.2 Å². The maximum atomic E-state index is 14.0. The number of rotatable bonds is 5. The Morgan fingerprint density at radius 1 is 1.05 bits per heavy atom. The van der Waals surface area contributed by atoms with E-state index in [1.165, 1.54) is 24.3 Å². The van der Waals surface area contributed by atoms with Gasteiger partial charge < -0.3 is 19.7 Å². The Labute approximate surface area is 225 Å². The fourth-order valence-electron chi connectivity index (χ4n) is 6.60. The summed E-state index contributed by atoms with van der Waals surface area (Å²) in [6, 6.07) is 10.6. The van der Waals surface area contributed by atoms with Crippen molar-refractivity contribution in [2.24, 2.45) is 5.41 Å². The number of ether oxygens (including phenoxy) is 2. The van der Waals surface area contributed by atoms with Gasteiger partial charge in [0.05, 0.1) is 12.2 Å². The van der Waals surface area contributed by atoms with E-state index in [-0.39, 0.29) is 40.6 Å². The summed E-state index contributed by atoms with van der Waals surface area (Å²) >= 11 is 0. The van der Waals surface area contributed by atoms with Gasteiger partial charge in [-0.2, -0.15) is 0 Å². The SMILES string of the molecule is CC1(C)Cc2nc(C3CCCC3)c(CC(O)c3cccc4c3OC(F)(F)O4)c(-c3ccc(F)cc3)c2C(O)C1. The number of hydrogen-bond acceptors (Lipinski definition) is 5. The monoisotopic (exact) mass is 539 g/mol. The molecule has 2 heterocycles. The Morgan fingerprint density at radius 3 is 2.49 bits per heavy atom.